The van der Waals surface area contributed by atoms with Crippen LogP contribution in [0.25, 0.3) is 10.8 Å². The van der Waals surface area contributed by atoms with Crippen LogP contribution in [0.2, 0.25) is 0 Å². The van der Waals surface area contributed by atoms with Crippen LogP contribution in [-0.4, -0.2) is 50.4 Å². The minimum atomic E-state index is -3.40. The Hall–Kier alpha value is -1.50. The second kappa shape index (κ2) is 5.47. The van der Waals surface area contributed by atoms with Gasteiger partial charge in [-0.3, -0.25) is 4.90 Å². The molecule has 0 amide bonds. The summed E-state index contributed by atoms with van der Waals surface area (Å²) in [7, 11) is -3.40. The Kier molecular flexibility index (Phi) is 3.69. The summed E-state index contributed by atoms with van der Waals surface area (Å²) in [5.74, 6) is 0.0374. The summed E-state index contributed by atoms with van der Waals surface area (Å²) in [6, 6.07) is 9.29. The summed E-state index contributed by atoms with van der Waals surface area (Å²) in [5.41, 5.74) is 0. The number of rotatable bonds is 3. The molecule has 0 bridgehead atoms. The van der Waals surface area contributed by atoms with Crippen molar-refractivity contribution in [3.05, 3.63) is 36.5 Å². The zero-order chi connectivity index (χ0) is 14.0. The topological polar surface area (TPSA) is 62.3 Å². The molecule has 20 heavy (non-hydrogen) atoms. The van der Waals surface area contributed by atoms with Crippen molar-refractivity contribution >= 4 is 20.6 Å². The van der Waals surface area contributed by atoms with E-state index >= 15 is 0 Å². The molecule has 1 saturated heterocycles. The van der Waals surface area contributed by atoms with E-state index in [9.17, 15) is 8.42 Å². The molecule has 1 aromatic carbocycles. The van der Waals surface area contributed by atoms with Gasteiger partial charge in [0.05, 0.1) is 0 Å². The van der Waals surface area contributed by atoms with Gasteiger partial charge < -0.3 is 5.32 Å². The Morgan fingerprint density at radius 2 is 1.90 bits per heavy atom. The van der Waals surface area contributed by atoms with Gasteiger partial charge in [-0.25, -0.2) is 13.4 Å². The molecule has 2 aromatic rings. The maximum Gasteiger partial charge on any atom is 0.209 e. The smallest absolute Gasteiger partial charge is 0.209 e. The normalized spacial score (nSPS) is 17.4. The zero-order valence-corrected chi connectivity index (χ0v) is 11.9. The molecule has 1 N–H and O–H groups in total. The van der Waals surface area contributed by atoms with Crippen molar-refractivity contribution in [3.63, 3.8) is 0 Å². The molecule has 1 aliphatic rings. The Balaban J connectivity index is 1.96. The maximum atomic E-state index is 12.6. The molecule has 2 heterocycles. The lowest BCUT2D eigenvalue weighted by Crippen LogP contribution is -2.45. The number of aromatic nitrogens is 1. The van der Waals surface area contributed by atoms with Crippen LogP contribution in [0.4, 0.5) is 0 Å². The summed E-state index contributed by atoms with van der Waals surface area (Å²) >= 11 is 0. The Labute approximate surface area is 118 Å². The summed E-state index contributed by atoms with van der Waals surface area (Å²) in [6.45, 7) is 3.17. The molecule has 1 aliphatic heterocycles. The van der Waals surface area contributed by atoms with E-state index in [1.54, 1.807) is 6.20 Å². The van der Waals surface area contributed by atoms with Crippen molar-refractivity contribution < 1.29 is 8.42 Å². The van der Waals surface area contributed by atoms with Gasteiger partial charge >= 0.3 is 0 Å². The first-order valence-electron chi connectivity index (χ1n) is 6.66. The molecule has 0 aliphatic carbocycles. The highest BCUT2D eigenvalue weighted by atomic mass is 32.2. The number of fused-ring (bicyclic) bond motifs is 1. The number of hydrogen-bond donors (Lipinski definition) is 1. The van der Waals surface area contributed by atoms with Gasteiger partial charge in [0.1, 0.15) is 5.88 Å². The van der Waals surface area contributed by atoms with E-state index in [2.05, 4.69) is 10.3 Å². The van der Waals surface area contributed by atoms with Gasteiger partial charge in [-0.2, -0.15) is 0 Å². The average molecular weight is 291 g/mol. The minimum absolute atomic E-state index is 0.0374. The predicted molar refractivity (Wildman–Crippen MR) is 78.2 cm³/mol. The zero-order valence-electron chi connectivity index (χ0n) is 11.1. The standard InChI is InChI=1S/C14H17N3O2S/c18-20(19,11-17-9-7-15-8-10-17)14-13-4-2-1-3-12(13)5-6-16-14/h1-6,15H,7-11H2. The maximum absolute atomic E-state index is 12.6. The fourth-order valence-corrected chi connectivity index (χ4v) is 4.09. The first kappa shape index (κ1) is 13.5. The van der Waals surface area contributed by atoms with E-state index in [0.717, 1.165) is 31.6 Å². The van der Waals surface area contributed by atoms with Gasteiger partial charge in [-0.15, -0.1) is 0 Å². The molecule has 3 rings (SSSR count). The highest BCUT2D eigenvalue weighted by Crippen LogP contribution is 2.21. The lowest BCUT2D eigenvalue weighted by atomic mass is 10.2. The second-order valence-corrected chi connectivity index (χ2v) is 6.82. The fourth-order valence-electron chi connectivity index (χ4n) is 2.48. The Morgan fingerprint density at radius 1 is 1.15 bits per heavy atom. The van der Waals surface area contributed by atoms with Crippen LogP contribution in [-0.2, 0) is 9.84 Å². The van der Waals surface area contributed by atoms with E-state index < -0.39 is 9.84 Å². The third-order valence-electron chi connectivity index (χ3n) is 3.49. The van der Waals surface area contributed by atoms with Gasteiger partial charge in [0.25, 0.3) is 0 Å². The Morgan fingerprint density at radius 3 is 2.70 bits per heavy atom. The molecule has 106 valence electrons. The molecule has 1 fully saturated rings. The van der Waals surface area contributed by atoms with Crippen LogP contribution in [0.3, 0.4) is 0 Å². The third-order valence-corrected chi connectivity index (χ3v) is 5.11. The summed E-state index contributed by atoms with van der Waals surface area (Å²) in [6.07, 6.45) is 1.56. The van der Waals surface area contributed by atoms with E-state index in [4.69, 9.17) is 0 Å². The van der Waals surface area contributed by atoms with Crippen molar-refractivity contribution in [3.8, 4) is 0 Å². The van der Waals surface area contributed by atoms with E-state index in [0.29, 0.717) is 5.39 Å². The van der Waals surface area contributed by atoms with Crippen molar-refractivity contribution in [2.45, 2.75) is 5.03 Å². The minimum Gasteiger partial charge on any atom is -0.314 e. The second-order valence-electron chi connectivity index (χ2n) is 4.95. The van der Waals surface area contributed by atoms with Crippen LogP contribution < -0.4 is 5.32 Å². The van der Waals surface area contributed by atoms with E-state index in [1.807, 2.05) is 35.2 Å². The first-order chi connectivity index (χ1) is 9.67. The van der Waals surface area contributed by atoms with Gasteiger partial charge in [0.15, 0.2) is 5.03 Å². The van der Waals surface area contributed by atoms with Crippen LogP contribution in [0.1, 0.15) is 0 Å². The average Bonchev–Trinajstić information content (AvgIpc) is 2.47. The number of hydrogen-bond acceptors (Lipinski definition) is 5. The molecule has 0 unspecified atom stereocenters. The summed E-state index contributed by atoms with van der Waals surface area (Å²) in [4.78, 5) is 6.07. The van der Waals surface area contributed by atoms with Crippen molar-refractivity contribution in [2.75, 3.05) is 32.1 Å². The first-order valence-corrected chi connectivity index (χ1v) is 8.32. The predicted octanol–water partition coefficient (Wildman–Crippen LogP) is 0.871. The number of sulfone groups is 1. The van der Waals surface area contributed by atoms with E-state index in [1.165, 1.54) is 0 Å². The summed E-state index contributed by atoms with van der Waals surface area (Å²) in [5, 5.41) is 5.01. The number of benzene rings is 1. The third kappa shape index (κ3) is 2.67. The molecule has 5 nitrogen and oxygen atoms in total. The monoisotopic (exact) mass is 291 g/mol. The van der Waals surface area contributed by atoms with Crippen LogP contribution >= 0.6 is 0 Å². The van der Waals surface area contributed by atoms with Gasteiger partial charge in [-0.05, 0) is 11.5 Å². The molecular weight excluding hydrogens is 274 g/mol. The summed E-state index contributed by atoms with van der Waals surface area (Å²) < 4.78 is 25.2. The van der Waals surface area contributed by atoms with Gasteiger partial charge in [-0.1, -0.05) is 24.3 Å². The molecule has 0 atom stereocenters. The lowest BCUT2D eigenvalue weighted by Gasteiger charge is -2.26. The van der Waals surface area contributed by atoms with Gasteiger partial charge in [0.2, 0.25) is 9.84 Å². The molecule has 0 spiro atoms. The number of piperazine rings is 1. The SMILES string of the molecule is O=S(=O)(CN1CCNCC1)c1nccc2ccccc12. The van der Waals surface area contributed by atoms with Crippen LogP contribution in [0.15, 0.2) is 41.6 Å². The molecule has 1 aromatic heterocycles. The van der Waals surface area contributed by atoms with Crippen LogP contribution in [0.5, 0.6) is 0 Å². The molecule has 0 radical (unpaired) electrons. The number of nitrogens with zero attached hydrogens (tertiary/aromatic N) is 2. The molecule has 0 saturated carbocycles. The highest BCUT2D eigenvalue weighted by Gasteiger charge is 2.23. The van der Waals surface area contributed by atoms with Crippen molar-refractivity contribution in [1.82, 2.24) is 15.2 Å². The number of pyridine rings is 1. The van der Waals surface area contributed by atoms with E-state index in [-0.39, 0.29) is 10.9 Å². The highest BCUT2D eigenvalue weighted by molar-refractivity contribution is 7.91. The fraction of sp³-hybridized carbons (Fsp3) is 0.357. The quantitative estimate of drug-likeness (QED) is 0.909. The lowest BCUT2D eigenvalue weighted by molar-refractivity contribution is 0.274. The van der Waals surface area contributed by atoms with Crippen molar-refractivity contribution in [1.29, 1.82) is 0 Å². The Bertz CT molecular complexity index is 704. The van der Waals surface area contributed by atoms with Crippen molar-refractivity contribution in [2.24, 2.45) is 0 Å². The number of nitrogens with one attached hydrogen (secondary N) is 1. The molecular formula is C14H17N3O2S. The largest absolute Gasteiger partial charge is 0.314 e. The van der Waals surface area contributed by atoms with Crippen LogP contribution in [0, 0.1) is 0 Å². The molecule has 6 heteroatoms. The van der Waals surface area contributed by atoms with Gasteiger partial charge in [0, 0.05) is 37.8 Å².